The van der Waals surface area contributed by atoms with Crippen molar-refractivity contribution in [3.05, 3.63) is 23.8 Å². The Morgan fingerprint density at radius 1 is 1.15 bits per heavy atom. The number of nitrogens with zero attached hydrogens (tertiary/aromatic N) is 1. The first-order valence-electron chi connectivity index (χ1n) is 6.57. The Morgan fingerprint density at radius 3 is 2.55 bits per heavy atom. The van der Waals surface area contributed by atoms with Crippen molar-refractivity contribution >= 4 is 11.9 Å². The van der Waals surface area contributed by atoms with E-state index in [1.54, 1.807) is 18.2 Å². The zero-order valence-corrected chi connectivity index (χ0v) is 10.9. The van der Waals surface area contributed by atoms with Crippen LogP contribution in [0.15, 0.2) is 18.2 Å². The third-order valence-electron chi connectivity index (χ3n) is 3.51. The second-order valence-electron chi connectivity index (χ2n) is 4.96. The normalized spacial score (nSPS) is 18.1. The van der Waals surface area contributed by atoms with Crippen molar-refractivity contribution in [2.45, 2.75) is 6.42 Å². The lowest BCUT2D eigenvalue weighted by molar-refractivity contribution is -0.146. The molecule has 2 heterocycles. The van der Waals surface area contributed by atoms with Gasteiger partial charge in [0, 0.05) is 25.1 Å². The number of aliphatic carboxylic acids is 1. The van der Waals surface area contributed by atoms with Crippen LogP contribution in [0.2, 0.25) is 0 Å². The maximum atomic E-state index is 12.2. The summed E-state index contributed by atoms with van der Waals surface area (Å²) in [6.07, 6.45) is 0.810. The summed E-state index contributed by atoms with van der Waals surface area (Å²) in [6, 6.07) is 5.07. The fourth-order valence-corrected chi connectivity index (χ4v) is 2.28. The number of carboxylic acid groups (broad SMARTS) is 1. The van der Waals surface area contributed by atoms with Gasteiger partial charge < -0.3 is 19.5 Å². The van der Waals surface area contributed by atoms with E-state index in [1.165, 1.54) is 4.90 Å². The van der Waals surface area contributed by atoms with E-state index in [0.717, 1.165) is 6.42 Å². The van der Waals surface area contributed by atoms with Crippen LogP contribution in [0.5, 0.6) is 11.5 Å². The van der Waals surface area contributed by atoms with E-state index in [9.17, 15) is 9.59 Å². The average molecular weight is 277 g/mol. The highest BCUT2D eigenvalue weighted by Crippen LogP contribution is 2.31. The summed E-state index contributed by atoms with van der Waals surface area (Å²) in [6.45, 7) is 1.70. The standard InChI is InChI=1S/C14H15NO5/c16-13(15-7-10(8-15)14(17)18)9-2-3-11-12(6-9)20-5-1-4-19-11/h2-3,6,10H,1,4-5,7-8H2,(H,17,18). The number of likely N-dealkylation sites (tertiary alicyclic amines) is 1. The van der Waals surface area contributed by atoms with E-state index in [1.807, 2.05) is 0 Å². The number of ether oxygens (including phenoxy) is 2. The van der Waals surface area contributed by atoms with Gasteiger partial charge in [-0.25, -0.2) is 0 Å². The van der Waals surface area contributed by atoms with E-state index in [-0.39, 0.29) is 19.0 Å². The number of hydrogen-bond donors (Lipinski definition) is 1. The monoisotopic (exact) mass is 277 g/mol. The van der Waals surface area contributed by atoms with Crippen molar-refractivity contribution in [3.63, 3.8) is 0 Å². The molecule has 0 atom stereocenters. The van der Waals surface area contributed by atoms with Gasteiger partial charge in [-0.15, -0.1) is 0 Å². The molecule has 1 N–H and O–H groups in total. The first kappa shape index (κ1) is 12.8. The van der Waals surface area contributed by atoms with Crippen molar-refractivity contribution in [1.29, 1.82) is 0 Å². The summed E-state index contributed by atoms with van der Waals surface area (Å²) in [5.74, 6) is -0.250. The highest BCUT2D eigenvalue weighted by Gasteiger charge is 2.36. The smallest absolute Gasteiger partial charge is 0.310 e. The minimum absolute atomic E-state index is 0.168. The predicted molar refractivity (Wildman–Crippen MR) is 69.1 cm³/mol. The number of amides is 1. The van der Waals surface area contributed by atoms with E-state index in [4.69, 9.17) is 14.6 Å². The van der Waals surface area contributed by atoms with Gasteiger partial charge in [-0.05, 0) is 18.2 Å². The molecule has 0 spiro atoms. The number of benzene rings is 1. The molecule has 6 nitrogen and oxygen atoms in total. The lowest BCUT2D eigenvalue weighted by Gasteiger charge is -2.36. The lowest BCUT2D eigenvalue weighted by Crippen LogP contribution is -2.53. The number of carboxylic acids is 1. The highest BCUT2D eigenvalue weighted by molar-refractivity contribution is 5.96. The Kier molecular flexibility index (Phi) is 3.22. The van der Waals surface area contributed by atoms with Gasteiger partial charge in [0.05, 0.1) is 19.1 Å². The summed E-state index contributed by atoms with van der Waals surface area (Å²) in [5.41, 5.74) is 0.498. The van der Waals surface area contributed by atoms with Crippen LogP contribution in [0.4, 0.5) is 0 Å². The predicted octanol–water partition coefficient (Wildman–Crippen LogP) is 1.00. The fourth-order valence-electron chi connectivity index (χ4n) is 2.28. The van der Waals surface area contributed by atoms with Crippen molar-refractivity contribution in [1.82, 2.24) is 4.90 Å². The van der Waals surface area contributed by atoms with Crippen molar-refractivity contribution < 1.29 is 24.2 Å². The zero-order chi connectivity index (χ0) is 14.1. The van der Waals surface area contributed by atoms with Gasteiger partial charge in [-0.1, -0.05) is 0 Å². The summed E-state index contributed by atoms with van der Waals surface area (Å²) < 4.78 is 11.0. The van der Waals surface area contributed by atoms with E-state index < -0.39 is 11.9 Å². The van der Waals surface area contributed by atoms with Crippen molar-refractivity contribution in [3.8, 4) is 11.5 Å². The van der Waals surface area contributed by atoms with Crippen LogP contribution >= 0.6 is 0 Å². The van der Waals surface area contributed by atoms with Gasteiger partial charge in [0.2, 0.25) is 0 Å². The third-order valence-corrected chi connectivity index (χ3v) is 3.51. The summed E-state index contributed by atoms with van der Waals surface area (Å²) >= 11 is 0. The average Bonchev–Trinajstić information content (AvgIpc) is 2.60. The third kappa shape index (κ3) is 2.29. The second kappa shape index (κ2) is 5.03. The van der Waals surface area contributed by atoms with Gasteiger partial charge in [-0.2, -0.15) is 0 Å². The molecule has 1 saturated heterocycles. The highest BCUT2D eigenvalue weighted by atomic mass is 16.5. The van der Waals surface area contributed by atoms with Crippen LogP contribution in [0.1, 0.15) is 16.8 Å². The largest absolute Gasteiger partial charge is 0.490 e. The summed E-state index contributed by atoms with van der Waals surface area (Å²) in [7, 11) is 0. The Labute approximate surface area is 115 Å². The van der Waals surface area contributed by atoms with Crippen LogP contribution in [-0.2, 0) is 4.79 Å². The molecule has 0 aromatic heterocycles. The molecule has 2 aliphatic rings. The molecule has 20 heavy (non-hydrogen) atoms. The number of rotatable bonds is 2. The molecule has 1 aromatic carbocycles. The van der Waals surface area contributed by atoms with Gasteiger partial charge in [0.1, 0.15) is 0 Å². The second-order valence-corrected chi connectivity index (χ2v) is 4.96. The molecular weight excluding hydrogens is 262 g/mol. The maximum Gasteiger partial charge on any atom is 0.310 e. The van der Waals surface area contributed by atoms with Crippen molar-refractivity contribution in [2.75, 3.05) is 26.3 Å². The van der Waals surface area contributed by atoms with Crippen molar-refractivity contribution in [2.24, 2.45) is 5.92 Å². The Bertz CT molecular complexity index is 550. The quantitative estimate of drug-likeness (QED) is 0.873. The molecule has 0 radical (unpaired) electrons. The van der Waals surface area contributed by atoms with Gasteiger partial charge in [0.25, 0.3) is 5.91 Å². The number of fused-ring (bicyclic) bond motifs is 1. The van der Waals surface area contributed by atoms with E-state index in [0.29, 0.717) is 30.3 Å². The van der Waals surface area contributed by atoms with Gasteiger partial charge in [-0.3, -0.25) is 9.59 Å². The molecule has 106 valence electrons. The minimum atomic E-state index is -0.854. The van der Waals surface area contributed by atoms with Gasteiger partial charge >= 0.3 is 5.97 Å². The van der Waals surface area contributed by atoms with Crippen LogP contribution in [-0.4, -0.2) is 48.2 Å². The molecule has 1 aromatic rings. The maximum absolute atomic E-state index is 12.2. The molecule has 0 aliphatic carbocycles. The summed E-state index contributed by atoms with van der Waals surface area (Å²) in [4.78, 5) is 24.5. The van der Waals surface area contributed by atoms with Crippen LogP contribution < -0.4 is 9.47 Å². The molecule has 0 saturated carbocycles. The Balaban J connectivity index is 1.73. The minimum Gasteiger partial charge on any atom is -0.490 e. The number of carbonyl (C=O) groups excluding carboxylic acids is 1. The number of hydrogen-bond acceptors (Lipinski definition) is 4. The SMILES string of the molecule is O=C(O)C1CN(C(=O)c2ccc3c(c2)OCCCO3)C1. The molecule has 6 heteroatoms. The van der Waals surface area contributed by atoms with Crippen LogP contribution in [0.25, 0.3) is 0 Å². The van der Waals surface area contributed by atoms with Gasteiger partial charge in [0.15, 0.2) is 11.5 Å². The first-order valence-corrected chi connectivity index (χ1v) is 6.57. The molecule has 2 aliphatic heterocycles. The van der Waals surface area contributed by atoms with E-state index >= 15 is 0 Å². The van der Waals surface area contributed by atoms with Crippen LogP contribution in [0, 0.1) is 5.92 Å². The molecule has 3 rings (SSSR count). The summed E-state index contributed by atoms with van der Waals surface area (Å²) in [5, 5.41) is 8.82. The topological polar surface area (TPSA) is 76.1 Å². The van der Waals surface area contributed by atoms with Crippen LogP contribution in [0.3, 0.4) is 0 Å². The molecule has 1 fully saturated rings. The first-order chi connectivity index (χ1) is 9.65. The Hall–Kier alpha value is -2.24. The fraction of sp³-hybridized carbons (Fsp3) is 0.429. The number of carbonyl (C=O) groups is 2. The Morgan fingerprint density at radius 2 is 1.85 bits per heavy atom. The molecular formula is C14H15NO5. The molecule has 0 unspecified atom stereocenters. The lowest BCUT2D eigenvalue weighted by atomic mass is 9.99. The zero-order valence-electron chi connectivity index (χ0n) is 10.9. The molecule has 0 bridgehead atoms. The molecule has 1 amide bonds. The van der Waals surface area contributed by atoms with E-state index in [2.05, 4.69) is 0 Å².